The number of nitrogens with zero attached hydrogens (tertiary/aromatic N) is 3. The summed E-state index contributed by atoms with van der Waals surface area (Å²) in [5.41, 5.74) is 2.07. The maximum absolute atomic E-state index is 5.02. The van der Waals surface area contributed by atoms with E-state index in [1.807, 2.05) is 26.8 Å². The SMILES string of the molecule is CCc1noc(/C=C/c2nc(C)c(C)[nH]2)n1. The molecule has 0 amide bonds. The Hall–Kier alpha value is -1.91. The summed E-state index contributed by atoms with van der Waals surface area (Å²) in [5.74, 6) is 2.02. The molecule has 0 bridgehead atoms. The molecule has 16 heavy (non-hydrogen) atoms. The Morgan fingerprint density at radius 1 is 1.25 bits per heavy atom. The van der Waals surface area contributed by atoms with E-state index in [0.29, 0.717) is 11.7 Å². The predicted molar refractivity (Wildman–Crippen MR) is 60.7 cm³/mol. The van der Waals surface area contributed by atoms with Crippen LogP contribution in [-0.2, 0) is 6.42 Å². The Bertz CT molecular complexity index is 490. The lowest BCUT2D eigenvalue weighted by molar-refractivity contribution is 0.403. The lowest BCUT2D eigenvalue weighted by Gasteiger charge is -1.82. The van der Waals surface area contributed by atoms with E-state index >= 15 is 0 Å². The Balaban J connectivity index is 2.14. The van der Waals surface area contributed by atoms with Crippen LogP contribution in [0.4, 0.5) is 0 Å². The highest BCUT2D eigenvalue weighted by atomic mass is 16.5. The van der Waals surface area contributed by atoms with E-state index in [2.05, 4.69) is 20.1 Å². The summed E-state index contributed by atoms with van der Waals surface area (Å²) in [7, 11) is 0. The molecule has 2 rings (SSSR count). The van der Waals surface area contributed by atoms with Crippen LogP contribution in [0.2, 0.25) is 0 Å². The van der Waals surface area contributed by atoms with Crippen molar-refractivity contribution in [3.05, 3.63) is 28.9 Å². The minimum Gasteiger partial charge on any atom is -0.342 e. The molecule has 84 valence electrons. The molecule has 1 N–H and O–H groups in total. The first-order valence-electron chi connectivity index (χ1n) is 5.23. The summed E-state index contributed by atoms with van der Waals surface area (Å²) in [6.07, 6.45) is 4.35. The van der Waals surface area contributed by atoms with E-state index in [1.165, 1.54) is 0 Å². The van der Waals surface area contributed by atoms with Gasteiger partial charge in [-0.15, -0.1) is 0 Å². The normalized spacial score (nSPS) is 11.4. The topological polar surface area (TPSA) is 67.6 Å². The maximum Gasteiger partial charge on any atom is 0.250 e. The number of aryl methyl sites for hydroxylation is 3. The molecule has 0 aliphatic carbocycles. The Labute approximate surface area is 93.6 Å². The van der Waals surface area contributed by atoms with Crippen molar-refractivity contribution >= 4 is 12.2 Å². The maximum atomic E-state index is 5.02. The fourth-order valence-electron chi connectivity index (χ4n) is 1.28. The third kappa shape index (κ3) is 2.18. The van der Waals surface area contributed by atoms with E-state index in [0.717, 1.165) is 23.6 Å². The van der Waals surface area contributed by atoms with Gasteiger partial charge in [-0.3, -0.25) is 0 Å². The standard InChI is InChI=1S/C11H14N4O/c1-4-9-14-11(16-15-9)6-5-10-12-7(2)8(3)13-10/h5-6H,4H2,1-3H3,(H,12,13)/b6-5+. The third-order valence-corrected chi connectivity index (χ3v) is 2.33. The average molecular weight is 218 g/mol. The van der Waals surface area contributed by atoms with Crippen LogP contribution in [0, 0.1) is 13.8 Å². The van der Waals surface area contributed by atoms with Gasteiger partial charge in [-0.25, -0.2) is 4.98 Å². The molecule has 0 fully saturated rings. The molecule has 5 heteroatoms. The van der Waals surface area contributed by atoms with Gasteiger partial charge in [0.15, 0.2) is 5.82 Å². The Morgan fingerprint density at radius 3 is 2.62 bits per heavy atom. The van der Waals surface area contributed by atoms with Crippen LogP contribution >= 0.6 is 0 Å². The molecule has 5 nitrogen and oxygen atoms in total. The van der Waals surface area contributed by atoms with E-state index in [1.54, 1.807) is 6.08 Å². The van der Waals surface area contributed by atoms with Gasteiger partial charge in [0.25, 0.3) is 5.89 Å². The van der Waals surface area contributed by atoms with Gasteiger partial charge in [-0.2, -0.15) is 4.98 Å². The van der Waals surface area contributed by atoms with Crippen molar-refractivity contribution in [1.82, 2.24) is 20.1 Å². The van der Waals surface area contributed by atoms with Gasteiger partial charge in [0, 0.05) is 18.2 Å². The number of imidazole rings is 1. The fraction of sp³-hybridized carbons (Fsp3) is 0.364. The molecule has 0 spiro atoms. The minimum atomic E-state index is 0.503. The van der Waals surface area contributed by atoms with Crippen LogP contribution in [0.1, 0.15) is 35.9 Å². The molecule has 2 aromatic heterocycles. The lowest BCUT2D eigenvalue weighted by Crippen LogP contribution is -1.81. The summed E-state index contributed by atoms with van der Waals surface area (Å²) in [4.78, 5) is 11.6. The van der Waals surface area contributed by atoms with Gasteiger partial charge in [0.05, 0.1) is 5.69 Å². The zero-order chi connectivity index (χ0) is 11.5. The molecule has 2 heterocycles. The molecule has 0 aliphatic rings. The summed E-state index contributed by atoms with van der Waals surface area (Å²) in [6.45, 7) is 5.93. The summed E-state index contributed by atoms with van der Waals surface area (Å²) in [5, 5.41) is 3.80. The molecule has 2 aromatic rings. The first kappa shape index (κ1) is 10.6. The predicted octanol–water partition coefficient (Wildman–Crippen LogP) is 2.14. The minimum absolute atomic E-state index is 0.503. The van der Waals surface area contributed by atoms with Gasteiger partial charge in [-0.05, 0) is 19.9 Å². The van der Waals surface area contributed by atoms with E-state index in [-0.39, 0.29) is 0 Å². The quantitative estimate of drug-likeness (QED) is 0.857. The van der Waals surface area contributed by atoms with Gasteiger partial charge >= 0.3 is 0 Å². The van der Waals surface area contributed by atoms with Gasteiger partial charge < -0.3 is 9.51 Å². The molecule has 0 saturated carbocycles. The Kier molecular flexibility index (Phi) is 2.85. The number of nitrogens with one attached hydrogen (secondary N) is 1. The van der Waals surface area contributed by atoms with E-state index in [9.17, 15) is 0 Å². The van der Waals surface area contributed by atoms with Crippen LogP contribution < -0.4 is 0 Å². The highest BCUT2D eigenvalue weighted by Gasteiger charge is 2.01. The number of aromatic nitrogens is 4. The molecule has 0 aromatic carbocycles. The first-order chi connectivity index (χ1) is 7.69. The molecule has 0 radical (unpaired) electrons. The molecular formula is C11H14N4O. The van der Waals surface area contributed by atoms with Crippen LogP contribution in [0.15, 0.2) is 4.52 Å². The van der Waals surface area contributed by atoms with Crippen molar-refractivity contribution in [3.63, 3.8) is 0 Å². The van der Waals surface area contributed by atoms with Gasteiger partial charge in [0.2, 0.25) is 0 Å². The monoisotopic (exact) mass is 218 g/mol. The van der Waals surface area contributed by atoms with Crippen molar-refractivity contribution in [2.75, 3.05) is 0 Å². The van der Waals surface area contributed by atoms with Crippen molar-refractivity contribution in [2.45, 2.75) is 27.2 Å². The number of hydrogen-bond donors (Lipinski definition) is 1. The second kappa shape index (κ2) is 4.30. The second-order valence-electron chi connectivity index (χ2n) is 3.57. The molecule has 0 unspecified atom stereocenters. The number of rotatable bonds is 3. The molecule has 0 aliphatic heterocycles. The van der Waals surface area contributed by atoms with E-state index in [4.69, 9.17) is 4.52 Å². The zero-order valence-corrected chi connectivity index (χ0v) is 9.61. The van der Waals surface area contributed by atoms with E-state index < -0.39 is 0 Å². The third-order valence-electron chi connectivity index (χ3n) is 2.33. The lowest BCUT2D eigenvalue weighted by atomic mass is 10.4. The van der Waals surface area contributed by atoms with Crippen molar-refractivity contribution in [3.8, 4) is 0 Å². The van der Waals surface area contributed by atoms with Crippen LogP contribution in [0.5, 0.6) is 0 Å². The fourth-order valence-corrected chi connectivity index (χ4v) is 1.28. The van der Waals surface area contributed by atoms with Crippen molar-refractivity contribution < 1.29 is 4.52 Å². The van der Waals surface area contributed by atoms with Crippen LogP contribution in [0.25, 0.3) is 12.2 Å². The molecule has 0 atom stereocenters. The average Bonchev–Trinajstić information content (AvgIpc) is 2.84. The Morgan fingerprint density at radius 2 is 2.06 bits per heavy atom. The zero-order valence-electron chi connectivity index (χ0n) is 9.61. The highest BCUT2D eigenvalue weighted by molar-refractivity contribution is 5.62. The number of hydrogen-bond acceptors (Lipinski definition) is 4. The summed E-state index contributed by atoms with van der Waals surface area (Å²) >= 11 is 0. The molecular weight excluding hydrogens is 204 g/mol. The first-order valence-corrected chi connectivity index (χ1v) is 5.23. The van der Waals surface area contributed by atoms with Crippen molar-refractivity contribution in [1.29, 1.82) is 0 Å². The van der Waals surface area contributed by atoms with Crippen LogP contribution in [0.3, 0.4) is 0 Å². The van der Waals surface area contributed by atoms with Crippen LogP contribution in [-0.4, -0.2) is 20.1 Å². The molecule has 0 saturated heterocycles. The van der Waals surface area contributed by atoms with Crippen molar-refractivity contribution in [2.24, 2.45) is 0 Å². The summed E-state index contributed by atoms with van der Waals surface area (Å²) in [6, 6.07) is 0. The second-order valence-corrected chi connectivity index (χ2v) is 3.57. The highest BCUT2D eigenvalue weighted by Crippen LogP contribution is 2.07. The van der Waals surface area contributed by atoms with Gasteiger partial charge in [-0.1, -0.05) is 12.1 Å². The number of H-pyrrole nitrogens is 1. The summed E-state index contributed by atoms with van der Waals surface area (Å²) < 4.78 is 5.02. The number of aromatic amines is 1. The van der Waals surface area contributed by atoms with Gasteiger partial charge in [0.1, 0.15) is 5.82 Å². The largest absolute Gasteiger partial charge is 0.342 e. The smallest absolute Gasteiger partial charge is 0.250 e.